The van der Waals surface area contributed by atoms with E-state index in [1.165, 1.54) is 0 Å². The Morgan fingerprint density at radius 2 is 2.00 bits per heavy atom. The Morgan fingerprint density at radius 1 is 1.22 bits per heavy atom. The SMILES string of the molecule is Cc1nc(C#N)c(N2CCC(c3nc(-c4ccc(Cl)cc4Cl)no3)CC2)o1. The maximum atomic E-state index is 9.19. The predicted octanol–water partition coefficient (Wildman–Crippen LogP) is 4.60. The third-order valence-corrected chi connectivity index (χ3v) is 5.12. The molecule has 4 rings (SSSR count). The summed E-state index contributed by atoms with van der Waals surface area (Å²) < 4.78 is 11.1. The molecular weight excluding hydrogens is 389 g/mol. The van der Waals surface area contributed by atoms with Crippen molar-refractivity contribution in [2.45, 2.75) is 25.7 Å². The Morgan fingerprint density at radius 3 is 2.70 bits per heavy atom. The van der Waals surface area contributed by atoms with Crippen molar-refractivity contribution in [1.82, 2.24) is 15.1 Å². The number of anilines is 1. The molecule has 2 aromatic heterocycles. The van der Waals surface area contributed by atoms with E-state index in [0.29, 0.717) is 57.9 Å². The number of aryl methyl sites for hydroxylation is 1. The van der Waals surface area contributed by atoms with Gasteiger partial charge in [-0.2, -0.15) is 10.2 Å². The van der Waals surface area contributed by atoms with Crippen molar-refractivity contribution in [2.24, 2.45) is 0 Å². The van der Waals surface area contributed by atoms with Crippen molar-refractivity contribution in [2.75, 3.05) is 18.0 Å². The molecule has 0 amide bonds. The molecule has 1 aromatic carbocycles. The third-order valence-electron chi connectivity index (χ3n) is 4.57. The Kier molecular flexibility index (Phi) is 4.77. The quantitative estimate of drug-likeness (QED) is 0.630. The average Bonchev–Trinajstić information content (AvgIpc) is 3.28. The molecule has 0 spiro atoms. The van der Waals surface area contributed by atoms with Gasteiger partial charge in [0.05, 0.1) is 5.02 Å². The molecule has 3 aromatic rings. The lowest BCUT2D eigenvalue weighted by Gasteiger charge is -2.29. The van der Waals surface area contributed by atoms with Crippen LogP contribution in [0.3, 0.4) is 0 Å². The number of hydrogen-bond donors (Lipinski definition) is 0. The summed E-state index contributed by atoms with van der Waals surface area (Å²) in [4.78, 5) is 10.6. The summed E-state index contributed by atoms with van der Waals surface area (Å²) in [5.74, 6) is 2.21. The number of nitriles is 1. The summed E-state index contributed by atoms with van der Waals surface area (Å²) in [6.07, 6.45) is 1.61. The standard InChI is InChI=1S/C18H15Cl2N5O2/c1-10-22-15(9-21)18(26-10)25-6-4-11(5-7-25)17-23-16(24-27-17)13-3-2-12(19)8-14(13)20/h2-3,8,11H,4-7H2,1H3. The van der Waals surface area contributed by atoms with Gasteiger partial charge in [-0.1, -0.05) is 28.4 Å². The lowest BCUT2D eigenvalue weighted by atomic mass is 9.97. The molecule has 0 atom stereocenters. The highest BCUT2D eigenvalue weighted by molar-refractivity contribution is 6.36. The van der Waals surface area contributed by atoms with Gasteiger partial charge in [0, 0.05) is 36.5 Å². The van der Waals surface area contributed by atoms with E-state index in [0.717, 1.165) is 12.8 Å². The Balaban J connectivity index is 1.47. The van der Waals surface area contributed by atoms with Gasteiger partial charge in [0.1, 0.15) is 6.07 Å². The van der Waals surface area contributed by atoms with Gasteiger partial charge >= 0.3 is 0 Å². The molecule has 138 valence electrons. The van der Waals surface area contributed by atoms with Crippen LogP contribution in [0.4, 0.5) is 5.88 Å². The molecule has 0 bridgehead atoms. The van der Waals surface area contributed by atoms with Crippen LogP contribution in [0.25, 0.3) is 11.4 Å². The number of oxazole rings is 1. The molecule has 1 fully saturated rings. The Labute approximate surface area is 165 Å². The zero-order valence-electron chi connectivity index (χ0n) is 14.4. The lowest BCUT2D eigenvalue weighted by molar-refractivity contribution is 0.326. The fourth-order valence-corrected chi connectivity index (χ4v) is 3.71. The fraction of sp³-hybridized carbons (Fsp3) is 0.333. The van der Waals surface area contributed by atoms with E-state index < -0.39 is 0 Å². The van der Waals surface area contributed by atoms with Crippen LogP contribution in [0.2, 0.25) is 10.0 Å². The van der Waals surface area contributed by atoms with Crippen LogP contribution in [-0.2, 0) is 0 Å². The van der Waals surface area contributed by atoms with Crippen LogP contribution in [0.1, 0.15) is 36.2 Å². The van der Waals surface area contributed by atoms with E-state index in [9.17, 15) is 5.26 Å². The molecule has 7 nitrogen and oxygen atoms in total. The maximum Gasteiger partial charge on any atom is 0.234 e. The van der Waals surface area contributed by atoms with E-state index >= 15 is 0 Å². The van der Waals surface area contributed by atoms with Crippen LogP contribution < -0.4 is 4.90 Å². The molecule has 0 unspecified atom stereocenters. The van der Waals surface area contributed by atoms with Gasteiger partial charge in [-0.25, -0.2) is 4.98 Å². The minimum Gasteiger partial charge on any atom is -0.424 e. The molecule has 1 aliphatic heterocycles. The van der Waals surface area contributed by atoms with E-state index in [1.54, 1.807) is 25.1 Å². The van der Waals surface area contributed by atoms with Gasteiger partial charge in [0.2, 0.25) is 23.3 Å². The zero-order valence-corrected chi connectivity index (χ0v) is 16.0. The van der Waals surface area contributed by atoms with Crippen molar-refractivity contribution in [3.8, 4) is 17.5 Å². The topological polar surface area (TPSA) is 92.0 Å². The van der Waals surface area contributed by atoms with E-state index in [1.807, 2.05) is 4.90 Å². The van der Waals surface area contributed by atoms with Crippen molar-refractivity contribution in [3.05, 3.63) is 45.7 Å². The van der Waals surface area contributed by atoms with E-state index in [4.69, 9.17) is 32.1 Å². The fourth-order valence-electron chi connectivity index (χ4n) is 3.21. The minimum atomic E-state index is 0.142. The molecule has 0 N–H and O–H groups in total. The van der Waals surface area contributed by atoms with Crippen molar-refractivity contribution < 1.29 is 8.94 Å². The van der Waals surface area contributed by atoms with Gasteiger partial charge < -0.3 is 13.8 Å². The van der Waals surface area contributed by atoms with Crippen LogP contribution in [-0.4, -0.2) is 28.2 Å². The highest BCUT2D eigenvalue weighted by atomic mass is 35.5. The van der Waals surface area contributed by atoms with E-state index in [2.05, 4.69) is 21.2 Å². The summed E-state index contributed by atoms with van der Waals surface area (Å²) in [5, 5.41) is 14.3. The van der Waals surface area contributed by atoms with Crippen LogP contribution >= 0.6 is 23.2 Å². The normalized spacial score (nSPS) is 15.1. The van der Waals surface area contributed by atoms with Crippen LogP contribution in [0.15, 0.2) is 27.1 Å². The largest absolute Gasteiger partial charge is 0.424 e. The van der Waals surface area contributed by atoms with Crippen molar-refractivity contribution >= 4 is 29.1 Å². The zero-order chi connectivity index (χ0) is 19.0. The van der Waals surface area contributed by atoms with Crippen molar-refractivity contribution in [3.63, 3.8) is 0 Å². The second-order valence-corrected chi connectivity index (χ2v) is 7.18. The monoisotopic (exact) mass is 403 g/mol. The maximum absolute atomic E-state index is 9.19. The summed E-state index contributed by atoms with van der Waals surface area (Å²) in [7, 11) is 0. The lowest BCUT2D eigenvalue weighted by Crippen LogP contribution is -2.33. The van der Waals surface area contributed by atoms with Crippen LogP contribution in [0, 0.1) is 18.3 Å². The smallest absolute Gasteiger partial charge is 0.234 e. The van der Waals surface area contributed by atoms with Crippen LogP contribution in [0.5, 0.6) is 0 Å². The summed E-state index contributed by atoms with van der Waals surface area (Å²) in [5.41, 5.74) is 1.01. The van der Waals surface area contributed by atoms with Crippen molar-refractivity contribution in [1.29, 1.82) is 5.26 Å². The van der Waals surface area contributed by atoms with Gasteiger partial charge in [0.25, 0.3) is 0 Å². The molecular formula is C18H15Cl2N5O2. The second-order valence-electron chi connectivity index (χ2n) is 6.34. The second kappa shape index (κ2) is 7.22. The van der Waals surface area contributed by atoms with Gasteiger partial charge in [-0.15, -0.1) is 0 Å². The average molecular weight is 404 g/mol. The first kappa shape index (κ1) is 17.8. The number of nitrogens with zero attached hydrogens (tertiary/aromatic N) is 5. The summed E-state index contributed by atoms with van der Waals surface area (Å²) in [6, 6.07) is 7.24. The number of hydrogen-bond acceptors (Lipinski definition) is 7. The third kappa shape index (κ3) is 3.51. The number of aromatic nitrogens is 3. The first-order chi connectivity index (χ1) is 13.0. The molecule has 0 radical (unpaired) electrons. The minimum absolute atomic E-state index is 0.142. The van der Waals surface area contributed by atoms with E-state index in [-0.39, 0.29) is 5.92 Å². The van der Waals surface area contributed by atoms with Gasteiger partial charge in [-0.3, -0.25) is 0 Å². The van der Waals surface area contributed by atoms with Gasteiger partial charge in [0.15, 0.2) is 5.89 Å². The molecule has 1 aliphatic rings. The molecule has 0 saturated carbocycles. The van der Waals surface area contributed by atoms with Gasteiger partial charge in [-0.05, 0) is 31.0 Å². The highest BCUT2D eigenvalue weighted by Gasteiger charge is 2.29. The number of benzene rings is 1. The summed E-state index contributed by atoms with van der Waals surface area (Å²) >= 11 is 12.2. The Bertz CT molecular complexity index is 1020. The Hall–Kier alpha value is -2.56. The molecule has 9 heteroatoms. The molecule has 0 aliphatic carbocycles. The first-order valence-electron chi connectivity index (χ1n) is 8.46. The molecule has 1 saturated heterocycles. The summed E-state index contributed by atoms with van der Waals surface area (Å²) in [6.45, 7) is 3.17. The number of rotatable bonds is 3. The molecule has 3 heterocycles. The first-order valence-corrected chi connectivity index (χ1v) is 9.22. The number of piperidine rings is 1. The predicted molar refractivity (Wildman–Crippen MR) is 99.9 cm³/mol. The number of halogens is 2. The highest BCUT2D eigenvalue weighted by Crippen LogP contribution is 2.34. The molecule has 27 heavy (non-hydrogen) atoms.